The Balaban J connectivity index is 2.20. The standard InChI is InChI=1S/C13H12Cl2S/c14-8-11(7-10-5-6-16-9-10)12-3-1-2-4-13(12)15/h1-6,9,11H,7-8H2. The first-order valence-corrected chi connectivity index (χ1v) is 6.98. The van der Waals surface area contributed by atoms with Crippen LogP contribution in [0.5, 0.6) is 0 Å². The summed E-state index contributed by atoms with van der Waals surface area (Å²) in [7, 11) is 0. The Morgan fingerprint density at radius 2 is 2.00 bits per heavy atom. The lowest BCUT2D eigenvalue weighted by Crippen LogP contribution is -2.04. The fraction of sp³-hybridized carbons (Fsp3) is 0.231. The molecule has 2 aromatic rings. The van der Waals surface area contributed by atoms with Crippen LogP contribution in [0.3, 0.4) is 0 Å². The van der Waals surface area contributed by atoms with Gasteiger partial charge in [-0.1, -0.05) is 29.8 Å². The van der Waals surface area contributed by atoms with Crippen LogP contribution < -0.4 is 0 Å². The van der Waals surface area contributed by atoms with Crippen molar-refractivity contribution in [2.75, 3.05) is 5.88 Å². The lowest BCUT2D eigenvalue weighted by molar-refractivity contribution is 0.769. The number of benzene rings is 1. The summed E-state index contributed by atoms with van der Waals surface area (Å²) in [4.78, 5) is 0. The molecule has 84 valence electrons. The predicted octanol–water partition coefficient (Wildman–Crippen LogP) is 4.97. The third-order valence-corrected chi connectivity index (χ3v) is 4.04. The van der Waals surface area contributed by atoms with Gasteiger partial charge < -0.3 is 0 Å². The molecule has 1 aromatic heterocycles. The van der Waals surface area contributed by atoms with Gasteiger partial charge in [0.1, 0.15) is 0 Å². The van der Waals surface area contributed by atoms with Gasteiger partial charge in [0.15, 0.2) is 0 Å². The van der Waals surface area contributed by atoms with Gasteiger partial charge in [-0.2, -0.15) is 11.3 Å². The molecule has 1 heterocycles. The molecule has 0 saturated heterocycles. The van der Waals surface area contributed by atoms with Crippen molar-refractivity contribution < 1.29 is 0 Å². The molecule has 1 aromatic carbocycles. The monoisotopic (exact) mass is 270 g/mol. The van der Waals surface area contributed by atoms with Crippen molar-refractivity contribution in [2.45, 2.75) is 12.3 Å². The van der Waals surface area contributed by atoms with Crippen LogP contribution in [-0.4, -0.2) is 5.88 Å². The Kier molecular flexibility index (Phi) is 4.28. The summed E-state index contributed by atoms with van der Waals surface area (Å²) < 4.78 is 0. The average molecular weight is 271 g/mol. The van der Waals surface area contributed by atoms with E-state index in [2.05, 4.69) is 22.9 Å². The van der Waals surface area contributed by atoms with E-state index in [1.807, 2.05) is 18.2 Å². The van der Waals surface area contributed by atoms with E-state index in [0.29, 0.717) is 11.8 Å². The van der Waals surface area contributed by atoms with Gasteiger partial charge in [0.25, 0.3) is 0 Å². The molecular formula is C13H12Cl2S. The van der Waals surface area contributed by atoms with E-state index in [1.54, 1.807) is 11.3 Å². The highest BCUT2D eigenvalue weighted by Gasteiger charge is 2.14. The van der Waals surface area contributed by atoms with Gasteiger partial charge >= 0.3 is 0 Å². The highest BCUT2D eigenvalue weighted by atomic mass is 35.5. The quantitative estimate of drug-likeness (QED) is 0.689. The summed E-state index contributed by atoms with van der Waals surface area (Å²) in [5.74, 6) is 0.893. The van der Waals surface area contributed by atoms with E-state index in [4.69, 9.17) is 23.2 Å². The van der Waals surface area contributed by atoms with E-state index in [1.165, 1.54) is 5.56 Å². The molecule has 16 heavy (non-hydrogen) atoms. The molecule has 0 spiro atoms. The number of rotatable bonds is 4. The van der Waals surface area contributed by atoms with Crippen LogP contribution in [0.15, 0.2) is 41.1 Å². The SMILES string of the molecule is ClCC(Cc1ccsc1)c1ccccc1Cl. The van der Waals surface area contributed by atoms with Crippen LogP contribution in [0.2, 0.25) is 5.02 Å². The van der Waals surface area contributed by atoms with Gasteiger partial charge in [-0.3, -0.25) is 0 Å². The minimum Gasteiger partial charge on any atom is -0.152 e. The van der Waals surface area contributed by atoms with Gasteiger partial charge in [0.05, 0.1) is 0 Å². The number of hydrogen-bond donors (Lipinski definition) is 0. The second-order valence-corrected chi connectivity index (χ2v) is 5.20. The average Bonchev–Trinajstić information content (AvgIpc) is 2.80. The molecular weight excluding hydrogens is 259 g/mol. The number of hydrogen-bond acceptors (Lipinski definition) is 1. The first-order valence-electron chi connectivity index (χ1n) is 5.12. The van der Waals surface area contributed by atoms with Gasteiger partial charge in [-0.15, -0.1) is 11.6 Å². The van der Waals surface area contributed by atoms with E-state index in [9.17, 15) is 0 Å². The number of alkyl halides is 1. The Labute approximate surface area is 110 Å². The molecule has 0 aliphatic carbocycles. The number of thiophene rings is 1. The van der Waals surface area contributed by atoms with Gasteiger partial charge in [-0.05, 0) is 40.4 Å². The molecule has 0 bridgehead atoms. The molecule has 0 aliphatic heterocycles. The van der Waals surface area contributed by atoms with E-state index in [-0.39, 0.29) is 0 Å². The van der Waals surface area contributed by atoms with Crippen LogP contribution in [0, 0.1) is 0 Å². The maximum absolute atomic E-state index is 6.18. The Bertz CT molecular complexity index is 437. The Hall–Kier alpha value is -0.500. The van der Waals surface area contributed by atoms with Crippen LogP contribution in [0.25, 0.3) is 0 Å². The molecule has 2 rings (SSSR count). The van der Waals surface area contributed by atoms with Crippen molar-refractivity contribution in [1.82, 2.24) is 0 Å². The molecule has 0 amide bonds. The summed E-state index contributed by atoms with van der Waals surface area (Å²) in [5, 5.41) is 5.06. The lowest BCUT2D eigenvalue weighted by Gasteiger charge is -2.15. The molecule has 0 N–H and O–H groups in total. The zero-order valence-corrected chi connectivity index (χ0v) is 11.0. The third kappa shape index (κ3) is 2.79. The van der Waals surface area contributed by atoms with Crippen molar-refractivity contribution in [3.63, 3.8) is 0 Å². The minimum atomic E-state index is 0.296. The van der Waals surface area contributed by atoms with Crippen molar-refractivity contribution in [2.24, 2.45) is 0 Å². The normalized spacial score (nSPS) is 12.6. The molecule has 1 unspecified atom stereocenters. The molecule has 1 atom stereocenters. The topological polar surface area (TPSA) is 0 Å². The molecule has 0 fully saturated rings. The zero-order chi connectivity index (χ0) is 11.4. The van der Waals surface area contributed by atoms with Gasteiger partial charge in [0, 0.05) is 16.8 Å². The molecule has 0 radical (unpaired) electrons. The Morgan fingerprint density at radius 1 is 1.19 bits per heavy atom. The molecule has 0 saturated carbocycles. The molecule has 3 heteroatoms. The highest BCUT2D eigenvalue weighted by Crippen LogP contribution is 2.28. The summed E-state index contributed by atoms with van der Waals surface area (Å²) in [6.07, 6.45) is 0.955. The maximum atomic E-state index is 6.18. The van der Waals surface area contributed by atoms with E-state index in [0.717, 1.165) is 17.0 Å². The van der Waals surface area contributed by atoms with Crippen molar-refractivity contribution in [3.05, 3.63) is 57.2 Å². The maximum Gasteiger partial charge on any atom is 0.0441 e. The number of halogens is 2. The van der Waals surface area contributed by atoms with Crippen LogP contribution in [0.1, 0.15) is 17.0 Å². The highest BCUT2D eigenvalue weighted by molar-refractivity contribution is 7.07. The third-order valence-electron chi connectivity index (χ3n) is 2.59. The van der Waals surface area contributed by atoms with Crippen LogP contribution >= 0.6 is 34.5 Å². The van der Waals surface area contributed by atoms with Gasteiger partial charge in [0.2, 0.25) is 0 Å². The largest absolute Gasteiger partial charge is 0.152 e. The van der Waals surface area contributed by atoms with E-state index >= 15 is 0 Å². The second-order valence-electron chi connectivity index (χ2n) is 3.71. The summed E-state index contributed by atoms with van der Waals surface area (Å²) in [5.41, 5.74) is 2.47. The summed E-state index contributed by atoms with van der Waals surface area (Å²) >= 11 is 13.9. The summed E-state index contributed by atoms with van der Waals surface area (Å²) in [6, 6.07) is 10.1. The first-order chi connectivity index (χ1) is 7.81. The molecule has 0 nitrogen and oxygen atoms in total. The fourth-order valence-corrected chi connectivity index (χ4v) is 2.99. The molecule has 0 aliphatic rings. The van der Waals surface area contributed by atoms with Gasteiger partial charge in [-0.25, -0.2) is 0 Å². The Morgan fingerprint density at radius 3 is 2.62 bits per heavy atom. The summed E-state index contributed by atoms with van der Waals surface area (Å²) in [6.45, 7) is 0. The smallest absolute Gasteiger partial charge is 0.0441 e. The second kappa shape index (κ2) is 5.72. The minimum absolute atomic E-state index is 0.296. The first kappa shape index (κ1) is 12.0. The van der Waals surface area contributed by atoms with Crippen molar-refractivity contribution >= 4 is 34.5 Å². The lowest BCUT2D eigenvalue weighted by atomic mass is 9.95. The van der Waals surface area contributed by atoms with Crippen molar-refractivity contribution in [1.29, 1.82) is 0 Å². The van der Waals surface area contributed by atoms with E-state index < -0.39 is 0 Å². The van der Waals surface area contributed by atoms with Crippen LogP contribution in [0.4, 0.5) is 0 Å². The zero-order valence-electron chi connectivity index (χ0n) is 8.70. The predicted molar refractivity (Wildman–Crippen MR) is 72.9 cm³/mol. The van der Waals surface area contributed by atoms with Crippen molar-refractivity contribution in [3.8, 4) is 0 Å². The van der Waals surface area contributed by atoms with Crippen LogP contribution in [-0.2, 0) is 6.42 Å². The fourth-order valence-electron chi connectivity index (χ4n) is 1.75.